The summed E-state index contributed by atoms with van der Waals surface area (Å²) in [6.45, 7) is 0. The van der Waals surface area contributed by atoms with Crippen molar-refractivity contribution in [2.75, 3.05) is 0 Å². The Labute approximate surface area is 95.0 Å². The molecule has 17 heavy (non-hydrogen) atoms. The fraction of sp³-hybridized carbons (Fsp3) is 0.600. The molecule has 0 radical (unpaired) electrons. The quantitative estimate of drug-likeness (QED) is 0.873. The molecule has 1 heterocycles. The summed E-state index contributed by atoms with van der Waals surface area (Å²) in [5.41, 5.74) is -0.839. The van der Waals surface area contributed by atoms with Crippen LogP contribution in [0.2, 0.25) is 0 Å². The summed E-state index contributed by atoms with van der Waals surface area (Å²) >= 11 is 0. The van der Waals surface area contributed by atoms with Crippen LogP contribution in [0, 0.1) is 5.92 Å². The highest BCUT2D eigenvalue weighted by Crippen LogP contribution is 2.37. The average molecular weight is 248 g/mol. The molecule has 7 heteroatoms. The summed E-state index contributed by atoms with van der Waals surface area (Å²) < 4.78 is 38.3. The second kappa shape index (κ2) is 4.05. The standard InChI is InChI=1S/C10H11F3N2O2/c11-10(12,13)6-4-14-15(5-6)8-3-1-2-7(8)9(16)17/h4-5,7-8H,1-3H2,(H,16,17). The predicted molar refractivity (Wildman–Crippen MR) is 51.2 cm³/mol. The number of carboxylic acids is 1. The summed E-state index contributed by atoms with van der Waals surface area (Å²) in [7, 11) is 0. The van der Waals surface area contributed by atoms with Gasteiger partial charge in [0.15, 0.2) is 0 Å². The van der Waals surface area contributed by atoms with E-state index in [4.69, 9.17) is 5.11 Å². The van der Waals surface area contributed by atoms with Gasteiger partial charge < -0.3 is 5.11 Å². The normalized spacial score (nSPS) is 25.1. The summed E-state index contributed by atoms with van der Waals surface area (Å²) in [6.07, 6.45) is -1.08. The zero-order valence-corrected chi connectivity index (χ0v) is 8.81. The number of nitrogens with zero attached hydrogens (tertiary/aromatic N) is 2. The molecule has 0 amide bonds. The number of carbonyl (C=O) groups is 1. The number of hydrogen-bond donors (Lipinski definition) is 1. The van der Waals surface area contributed by atoms with Gasteiger partial charge in [-0.25, -0.2) is 0 Å². The molecule has 0 saturated heterocycles. The van der Waals surface area contributed by atoms with E-state index < -0.39 is 29.7 Å². The Kier molecular flexibility index (Phi) is 2.84. The molecule has 2 atom stereocenters. The van der Waals surface area contributed by atoms with E-state index in [1.807, 2.05) is 0 Å². The van der Waals surface area contributed by atoms with Gasteiger partial charge in [-0.2, -0.15) is 18.3 Å². The van der Waals surface area contributed by atoms with E-state index in [0.29, 0.717) is 19.3 Å². The molecule has 2 unspecified atom stereocenters. The van der Waals surface area contributed by atoms with Crippen LogP contribution in [0.4, 0.5) is 13.2 Å². The number of aromatic nitrogens is 2. The summed E-state index contributed by atoms with van der Waals surface area (Å²) in [6, 6.07) is -0.469. The minimum Gasteiger partial charge on any atom is -0.481 e. The number of aliphatic carboxylic acids is 1. The van der Waals surface area contributed by atoms with Crippen molar-refractivity contribution >= 4 is 5.97 Å². The Balaban J connectivity index is 2.23. The van der Waals surface area contributed by atoms with Crippen molar-refractivity contribution in [3.63, 3.8) is 0 Å². The van der Waals surface area contributed by atoms with Gasteiger partial charge in [-0.1, -0.05) is 6.42 Å². The lowest BCUT2D eigenvalue weighted by atomic mass is 10.0. The van der Waals surface area contributed by atoms with E-state index in [9.17, 15) is 18.0 Å². The third-order valence-electron chi connectivity index (χ3n) is 3.07. The van der Waals surface area contributed by atoms with Crippen LogP contribution in [0.3, 0.4) is 0 Å². The molecule has 94 valence electrons. The van der Waals surface area contributed by atoms with Crippen LogP contribution in [-0.4, -0.2) is 20.9 Å². The van der Waals surface area contributed by atoms with E-state index in [2.05, 4.69) is 5.10 Å². The van der Waals surface area contributed by atoms with E-state index >= 15 is 0 Å². The second-order valence-corrected chi connectivity index (χ2v) is 4.15. The number of halogens is 3. The largest absolute Gasteiger partial charge is 0.481 e. The van der Waals surface area contributed by atoms with Crippen LogP contribution in [0.25, 0.3) is 0 Å². The maximum absolute atomic E-state index is 12.4. The molecule has 1 aromatic rings. The fourth-order valence-corrected chi connectivity index (χ4v) is 2.21. The van der Waals surface area contributed by atoms with Crippen molar-refractivity contribution in [3.05, 3.63) is 18.0 Å². The van der Waals surface area contributed by atoms with Gasteiger partial charge in [-0.15, -0.1) is 0 Å². The molecule has 0 spiro atoms. The first-order chi connectivity index (χ1) is 7.89. The zero-order chi connectivity index (χ0) is 12.6. The van der Waals surface area contributed by atoms with Crippen LogP contribution in [0.1, 0.15) is 30.9 Å². The molecular weight excluding hydrogens is 237 g/mol. The summed E-state index contributed by atoms with van der Waals surface area (Å²) in [5.74, 6) is -1.62. The van der Waals surface area contributed by atoms with Gasteiger partial charge in [0.1, 0.15) is 0 Å². The Morgan fingerprint density at radius 2 is 2.18 bits per heavy atom. The fourth-order valence-electron chi connectivity index (χ4n) is 2.21. The van der Waals surface area contributed by atoms with Gasteiger partial charge >= 0.3 is 12.1 Å². The molecule has 1 aromatic heterocycles. The lowest BCUT2D eigenvalue weighted by molar-refractivity contribution is -0.142. The molecular formula is C10H11F3N2O2. The molecule has 0 aliphatic heterocycles. The van der Waals surface area contributed by atoms with Gasteiger partial charge in [0.05, 0.1) is 23.7 Å². The van der Waals surface area contributed by atoms with Crippen molar-refractivity contribution in [1.29, 1.82) is 0 Å². The minimum atomic E-state index is -4.43. The van der Waals surface area contributed by atoms with E-state index in [1.165, 1.54) is 0 Å². The minimum absolute atomic E-state index is 0.469. The van der Waals surface area contributed by atoms with Gasteiger partial charge in [0.2, 0.25) is 0 Å². The number of carboxylic acid groups (broad SMARTS) is 1. The first-order valence-corrected chi connectivity index (χ1v) is 5.24. The first-order valence-electron chi connectivity index (χ1n) is 5.24. The van der Waals surface area contributed by atoms with Gasteiger partial charge in [-0.05, 0) is 12.8 Å². The van der Waals surface area contributed by atoms with Gasteiger partial charge in [-0.3, -0.25) is 9.48 Å². The third-order valence-corrected chi connectivity index (χ3v) is 3.07. The maximum atomic E-state index is 12.4. The lowest BCUT2D eigenvalue weighted by Gasteiger charge is -2.15. The monoisotopic (exact) mass is 248 g/mol. The van der Waals surface area contributed by atoms with Crippen molar-refractivity contribution in [2.24, 2.45) is 5.92 Å². The highest BCUT2D eigenvalue weighted by molar-refractivity contribution is 5.71. The highest BCUT2D eigenvalue weighted by Gasteiger charge is 2.37. The molecule has 1 aliphatic rings. The maximum Gasteiger partial charge on any atom is 0.419 e. The molecule has 0 aromatic carbocycles. The Hall–Kier alpha value is -1.53. The Bertz CT molecular complexity index is 427. The SMILES string of the molecule is O=C(O)C1CCCC1n1cc(C(F)(F)F)cn1. The Morgan fingerprint density at radius 1 is 1.47 bits per heavy atom. The lowest BCUT2D eigenvalue weighted by Crippen LogP contribution is -2.22. The van der Waals surface area contributed by atoms with E-state index in [1.54, 1.807) is 0 Å². The average Bonchev–Trinajstić information content (AvgIpc) is 2.85. The highest BCUT2D eigenvalue weighted by atomic mass is 19.4. The van der Waals surface area contributed by atoms with Gasteiger partial charge in [0, 0.05) is 6.20 Å². The molecule has 4 nitrogen and oxygen atoms in total. The molecule has 1 N–H and O–H groups in total. The Morgan fingerprint density at radius 3 is 2.71 bits per heavy atom. The topological polar surface area (TPSA) is 55.1 Å². The second-order valence-electron chi connectivity index (χ2n) is 4.15. The third kappa shape index (κ3) is 2.27. The van der Waals surface area contributed by atoms with Crippen LogP contribution < -0.4 is 0 Å². The van der Waals surface area contributed by atoms with Crippen LogP contribution in [-0.2, 0) is 11.0 Å². The van der Waals surface area contributed by atoms with Gasteiger partial charge in [0.25, 0.3) is 0 Å². The number of hydrogen-bond acceptors (Lipinski definition) is 2. The van der Waals surface area contributed by atoms with Crippen molar-refractivity contribution < 1.29 is 23.1 Å². The van der Waals surface area contributed by atoms with E-state index in [0.717, 1.165) is 17.1 Å². The molecule has 1 fully saturated rings. The number of rotatable bonds is 2. The summed E-state index contributed by atoms with van der Waals surface area (Å²) in [4.78, 5) is 10.9. The smallest absolute Gasteiger partial charge is 0.419 e. The van der Waals surface area contributed by atoms with Crippen molar-refractivity contribution in [3.8, 4) is 0 Å². The van der Waals surface area contributed by atoms with E-state index in [-0.39, 0.29) is 0 Å². The van der Waals surface area contributed by atoms with Crippen LogP contribution in [0.15, 0.2) is 12.4 Å². The molecule has 1 aliphatic carbocycles. The van der Waals surface area contributed by atoms with Crippen molar-refractivity contribution in [1.82, 2.24) is 9.78 Å². The predicted octanol–water partition coefficient (Wildman–Crippen LogP) is 2.33. The van der Waals surface area contributed by atoms with Crippen molar-refractivity contribution in [2.45, 2.75) is 31.5 Å². The first kappa shape index (κ1) is 11.9. The molecule has 1 saturated carbocycles. The number of alkyl halides is 3. The van der Waals surface area contributed by atoms with Crippen LogP contribution in [0.5, 0.6) is 0 Å². The summed E-state index contributed by atoms with van der Waals surface area (Å²) in [5, 5.41) is 12.6. The molecule has 2 rings (SSSR count). The zero-order valence-electron chi connectivity index (χ0n) is 8.81. The van der Waals surface area contributed by atoms with Crippen LogP contribution >= 0.6 is 0 Å². The molecule has 0 bridgehead atoms.